The molecule has 0 aliphatic carbocycles. The van der Waals surface area contributed by atoms with Gasteiger partial charge in [-0.2, -0.15) is 0 Å². The van der Waals surface area contributed by atoms with E-state index in [0.29, 0.717) is 12.3 Å². The average molecular weight is 362 g/mol. The number of fused-ring (bicyclic) bond motifs is 1. The van der Waals surface area contributed by atoms with Crippen molar-refractivity contribution >= 4 is 22.5 Å². The standard InChI is InChI=1S/C21H22N4O2/c1-3-21(26)25-12-18(13-25)23-17-9-16(10-22-11-17)14-4-6-19-15(8-14)5-7-20(24-19)27-2/h4-11,18,23H,3,12-13H2,1-2H3. The average Bonchev–Trinajstić information content (AvgIpc) is 2.69. The van der Waals surface area contributed by atoms with Gasteiger partial charge < -0.3 is 15.0 Å². The van der Waals surface area contributed by atoms with Crippen LogP contribution in [-0.2, 0) is 4.79 Å². The van der Waals surface area contributed by atoms with Crippen LogP contribution >= 0.6 is 0 Å². The van der Waals surface area contributed by atoms with Gasteiger partial charge in [0.25, 0.3) is 0 Å². The molecular weight excluding hydrogens is 340 g/mol. The highest BCUT2D eigenvalue weighted by Crippen LogP contribution is 2.27. The molecule has 1 aliphatic heterocycles. The summed E-state index contributed by atoms with van der Waals surface area (Å²) in [6.07, 6.45) is 4.24. The summed E-state index contributed by atoms with van der Waals surface area (Å²) in [5.74, 6) is 0.820. The normalized spacial score (nSPS) is 14.1. The van der Waals surface area contributed by atoms with Gasteiger partial charge in [-0.25, -0.2) is 4.98 Å². The van der Waals surface area contributed by atoms with Crippen molar-refractivity contribution in [3.8, 4) is 17.0 Å². The van der Waals surface area contributed by atoms with E-state index in [0.717, 1.165) is 40.8 Å². The highest BCUT2D eigenvalue weighted by molar-refractivity contribution is 5.85. The van der Waals surface area contributed by atoms with Crippen LogP contribution in [0, 0.1) is 0 Å². The van der Waals surface area contributed by atoms with E-state index in [4.69, 9.17) is 4.74 Å². The van der Waals surface area contributed by atoms with E-state index in [1.807, 2.05) is 48.5 Å². The van der Waals surface area contributed by atoms with Crippen molar-refractivity contribution in [2.75, 3.05) is 25.5 Å². The molecule has 0 atom stereocenters. The van der Waals surface area contributed by atoms with Crippen LogP contribution in [0.25, 0.3) is 22.0 Å². The number of likely N-dealkylation sites (tertiary alicyclic amines) is 1. The van der Waals surface area contributed by atoms with Gasteiger partial charge >= 0.3 is 0 Å². The summed E-state index contributed by atoms with van der Waals surface area (Å²) in [7, 11) is 1.62. The number of benzene rings is 1. The Morgan fingerprint density at radius 3 is 2.81 bits per heavy atom. The second-order valence-corrected chi connectivity index (χ2v) is 6.72. The number of anilines is 1. The number of nitrogens with zero attached hydrogens (tertiary/aromatic N) is 3. The van der Waals surface area contributed by atoms with Crippen molar-refractivity contribution in [3.05, 3.63) is 48.8 Å². The van der Waals surface area contributed by atoms with Gasteiger partial charge in [0.2, 0.25) is 11.8 Å². The van der Waals surface area contributed by atoms with Gasteiger partial charge in [0.05, 0.1) is 24.4 Å². The van der Waals surface area contributed by atoms with Gasteiger partial charge in [-0.3, -0.25) is 9.78 Å². The molecule has 138 valence electrons. The summed E-state index contributed by atoms with van der Waals surface area (Å²) in [4.78, 5) is 22.3. The van der Waals surface area contributed by atoms with E-state index >= 15 is 0 Å². The van der Waals surface area contributed by atoms with E-state index in [9.17, 15) is 4.79 Å². The monoisotopic (exact) mass is 362 g/mol. The number of amides is 1. The van der Waals surface area contributed by atoms with Gasteiger partial charge in [0.15, 0.2) is 0 Å². The Labute approximate surface area is 158 Å². The predicted octanol–water partition coefficient (Wildman–Crippen LogP) is 3.34. The number of carbonyl (C=O) groups excluding carboxylic acids is 1. The lowest BCUT2D eigenvalue weighted by atomic mass is 10.0. The van der Waals surface area contributed by atoms with Crippen LogP contribution in [0.15, 0.2) is 48.8 Å². The van der Waals surface area contributed by atoms with E-state index in [1.165, 1.54) is 0 Å². The maximum Gasteiger partial charge on any atom is 0.222 e. The maximum atomic E-state index is 11.7. The molecule has 0 bridgehead atoms. The van der Waals surface area contributed by atoms with Crippen molar-refractivity contribution in [1.82, 2.24) is 14.9 Å². The lowest BCUT2D eigenvalue weighted by molar-refractivity contribution is -0.134. The molecule has 1 amide bonds. The zero-order chi connectivity index (χ0) is 18.8. The third kappa shape index (κ3) is 3.56. The molecule has 27 heavy (non-hydrogen) atoms. The molecule has 1 aliphatic rings. The van der Waals surface area contributed by atoms with Crippen molar-refractivity contribution in [3.63, 3.8) is 0 Å². The van der Waals surface area contributed by atoms with Crippen LogP contribution < -0.4 is 10.1 Å². The van der Waals surface area contributed by atoms with Gasteiger partial charge in [-0.15, -0.1) is 0 Å². The van der Waals surface area contributed by atoms with Crippen molar-refractivity contribution < 1.29 is 9.53 Å². The Kier molecular flexibility index (Phi) is 4.62. The number of ether oxygens (including phenoxy) is 1. The summed E-state index contributed by atoms with van der Waals surface area (Å²) >= 11 is 0. The fourth-order valence-electron chi connectivity index (χ4n) is 3.31. The van der Waals surface area contributed by atoms with Crippen molar-refractivity contribution in [2.45, 2.75) is 19.4 Å². The second-order valence-electron chi connectivity index (χ2n) is 6.72. The molecule has 2 aromatic heterocycles. The smallest absolute Gasteiger partial charge is 0.222 e. The third-order valence-electron chi connectivity index (χ3n) is 4.85. The number of hydrogen-bond donors (Lipinski definition) is 1. The van der Waals surface area contributed by atoms with E-state index in [1.54, 1.807) is 7.11 Å². The Hall–Kier alpha value is -3.15. The maximum absolute atomic E-state index is 11.7. The van der Waals surface area contributed by atoms with E-state index in [-0.39, 0.29) is 11.9 Å². The SMILES string of the molecule is CCC(=O)N1CC(Nc2cncc(-c3ccc4nc(OC)ccc4c3)c2)C1. The summed E-state index contributed by atoms with van der Waals surface area (Å²) in [6, 6.07) is 12.4. The molecule has 3 aromatic rings. The first-order chi connectivity index (χ1) is 13.2. The molecule has 1 N–H and O–H groups in total. The minimum Gasteiger partial charge on any atom is -0.481 e. The fourth-order valence-corrected chi connectivity index (χ4v) is 3.31. The van der Waals surface area contributed by atoms with E-state index < -0.39 is 0 Å². The van der Waals surface area contributed by atoms with Gasteiger partial charge in [-0.05, 0) is 29.8 Å². The van der Waals surface area contributed by atoms with Crippen LogP contribution in [0.4, 0.5) is 5.69 Å². The molecule has 1 fully saturated rings. The number of nitrogens with one attached hydrogen (secondary N) is 1. The summed E-state index contributed by atoms with van der Waals surface area (Å²) in [5.41, 5.74) is 3.99. The number of aromatic nitrogens is 2. The van der Waals surface area contributed by atoms with Crippen molar-refractivity contribution in [2.24, 2.45) is 0 Å². The Morgan fingerprint density at radius 1 is 1.19 bits per heavy atom. The molecular formula is C21H22N4O2. The van der Waals surface area contributed by atoms with E-state index in [2.05, 4.69) is 27.4 Å². The Balaban J connectivity index is 1.51. The first kappa shape index (κ1) is 17.3. The molecule has 1 saturated heterocycles. The molecule has 0 spiro atoms. The fraction of sp³-hybridized carbons (Fsp3) is 0.286. The number of pyridine rings is 2. The predicted molar refractivity (Wildman–Crippen MR) is 106 cm³/mol. The first-order valence-electron chi connectivity index (χ1n) is 9.11. The molecule has 6 nitrogen and oxygen atoms in total. The first-order valence-corrected chi connectivity index (χ1v) is 9.11. The highest BCUT2D eigenvalue weighted by atomic mass is 16.5. The van der Waals surface area contributed by atoms with Crippen LogP contribution in [0.2, 0.25) is 0 Å². The lowest BCUT2D eigenvalue weighted by Gasteiger charge is -2.40. The minimum absolute atomic E-state index is 0.210. The Bertz CT molecular complexity index is 983. The number of methoxy groups -OCH3 is 1. The molecule has 0 unspecified atom stereocenters. The molecule has 0 saturated carbocycles. The lowest BCUT2D eigenvalue weighted by Crippen LogP contribution is -2.56. The van der Waals surface area contributed by atoms with Gasteiger partial charge in [0, 0.05) is 48.9 Å². The zero-order valence-electron chi connectivity index (χ0n) is 15.5. The molecule has 4 rings (SSSR count). The Morgan fingerprint density at radius 2 is 2.04 bits per heavy atom. The zero-order valence-corrected chi connectivity index (χ0v) is 15.5. The topological polar surface area (TPSA) is 67.4 Å². The molecule has 6 heteroatoms. The quantitative estimate of drug-likeness (QED) is 0.754. The number of carbonyl (C=O) groups is 1. The van der Waals surface area contributed by atoms with Crippen LogP contribution in [0.1, 0.15) is 13.3 Å². The molecule has 0 radical (unpaired) electrons. The number of rotatable bonds is 5. The third-order valence-corrected chi connectivity index (χ3v) is 4.85. The molecule has 1 aromatic carbocycles. The number of hydrogen-bond acceptors (Lipinski definition) is 5. The van der Waals surface area contributed by atoms with Gasteiger partial charge in [0.1, 0.15) is 0 Å². The summed E-state index contributed by atoms with van der Waals surface area (Å²) in [5, 5.41) is 4.52. The van der Waals surface area contributed by atoms with Crippen LogP contribution in [0.3, 0.4) is 0 Å². The van der Waals surface area contributed by atoms with Gasteiger partial charge in [-0.1, -0.05) is 13.0 Å². The largest absolute Gasteiger partial charge is 0.481 e. The summed E-state index contributed by atoms with van der Waals surface area (Å²) < 4.78 is 5.18. The highest BCUT2D eigenvalue weighted by Gasteiger charge is 2.29. The summed E-state index contributed by atoms with van der Waals surface area (Å²) in [6.45, 7) is 3.40. The van der Waals surface area contributed by atoms with Crippen LogP contribution in [-0.4, -0.2) is 47.0 Å². The molecule has 3 heterocycles. The second kappa shape index (κ2) is 7.23. The van der Waals surface area contributed by atoms with Crippen LogP contribution in [0.5, 0.6) is 5.88 Å². The van der Waals surface area contributed by atoms with Crippen molar-refractivity contribution in [1.29, 1.82) is 0 Å². The minimum atomic E-state index is 0.210.